The molecule has 0 aromatic carbocycles. The van der Waals surface area contributed by atoms with Gasteiger partial charge in [0.25, 0.3) is 5.91 Å². The van der Waals surface area contributed by atoms with Crippen molar-refractivity contribution in [3.05, 3.63) is 18.1 Å². The van der Waals surface area contributed by atoms with E-state index in [4.69, 9.17) is 10.6 Å². The van der Waals surface area contributed by atoms with Crippen LogP contribution < -0.4 is 16.2 Å². The van der Waals surface area contributed by atoms with Gasteiger partial charge in [-0.25, -0.2) is 15.6 Å². The van der Waals surface area contributed by atoms with E-state index < -0.39 is 11.5 Å². The van der Waals surface area contributed by atoms with Gasteiger partial charge in [0.15, 0.2) is 0 Å². The summed E-state index contributed by atoms with van der Waals surface area (Å²) in [5, 5.41) is 0. The molecule has 25 heavy (non-hydrogen) atoms. The van der Waals surface area contributed by atoms with Crippen LogP contribution in [-0.2, 0) is 4.74 Å². The number of hydrazine groups is 1. The van der Waals surface area contributed by atoms with E-state index >= 15 is 0 Å². The van der Waals surface area contributed by atoms with Crippen molar-refractivity contribution in [2.24, 2.45) is 11.3 Å². The number of hydrogen-bond acceptors (Lipinski definition) is 7. The second-order valence-electron chi connectivity index (χ2n) is 7.74. The maximum atomic E-state index is 12.1. The molecular formula is C16H24N6O3. The molecule has 1 aromatic heterocycles. The standard InChI is InChI=1S/C16H24N6O3/c1-15(2,3)25-14(24)22-9-16(10-22)4-5-21(8-16)12-7-18-6-11(19-12)13(23)20-17/h6-7H,4-5,8-10,17H2,1-3H3,(H,20,23). The van der Waals surface area contributed by atoms with Crippen molar-refractivity contribution in [1.82, 2.24) is 20.3 Å². The van der Waals surface area contributed by atoms with Crippen molar-refractivity contribution >= 4 is 17.8 Å². The number of nitrogen functional groups attached to an aromatic ring is 1. The fourth-order valence-electron chi connectivity index (χ4n) is 3.30. The summed E-state index contributed by atoms with van der Waals surface area (Å²) in [5.74, 6) is 5.32. The van der Waals surface area contributed by atoms with Gasteiger partial charge in [-0.3, -0.25) is 15.2 Å². The van der Waals surface area contributed by atoms with Crippen LogP contribution in [0.25, 0.3) is 0 Å². The number of rotatable bonds is 2. The van der Waals surface area contributed by atoms with Crippen LogP contribution in [0.2, 0.25) is 0 Å². The first-order chi connectivity index (χ1) is 11.7. The monoisotopic (exact) mass is 348 g/mol. The molecule has 3 heterocycles. The van der Waals surface area contributed by atoms with Crippen molar-refractivity contribution in [2.75, 3.05) is 31.1 Å². The van der Waals surface area contributed by atoms with E-state index in [2.05, 4.69) is 20.3 Å². The first-order valence-corrected chi connectivity index (χ1v) is 8.27. The zero-order valence-corrected chi connectivity index (χ0v) is 14.8. The molecule has 0 radical (unpaired) electrons. The molecule has 9 nitrogen and oxygen atoms in total. The number of nitrogens with zero attached hydrogens (tertiary/aromatic N) is 4. The summed E-state index contributed by atoms with van der Waals surface area (Å²) in [4.78, 5) is 35.9. The zero-order valence-electron chi connectivity index (χ0n) is 14.8. The molecule has 1 spiro atoms. The average molecular weight is 348 g/mol. The molecule has 9 heteroatoms. The number of ether oxygens (including phenoxy) is 1. The maximum absolute atomic E-state index is 12.1. The molecule has 3 N–H and O–H groups in total. The highest BCUT2D eigenvalue weighted by molar-refractivity contribution is 5.91. The number of aromatic nitrogens is 2. The summed E-state index contributed by atoms with van der Waals surface area (Å²) >= 11 is 0. The van der Waals surface area contributed by atoms with Crippen molar-refractivity contribution in [1.29, 1.82) is 0 Å². The molecule has 0 saturated carbocycles. The number of carbonyl (C=O) groups excluding carboxylic acids is 2. The molecular weight excluding hydrogens is 324 g/mol. The van der Waals surface area contributed by atoms with Crippen molar-refractivity contribution in [3.63, 3.8) is 0 Å². The van der Waals surface area contributed by atoms with Crippen LogP contribution in [0.15, 0.2) is 12.4 Å². The number of likely N-dealkylation sites (tertiary alicyclic amines) is 1. The predicted molar refractivity (Wildman–Crippen MR) is 90.8 cm³/mol. The highest BCUT2D eigenvalue weighted by Crippen LogP contribution is 2.41. The van der Waals surface area contributed by atoms with Gasteiger partial charge in [0, 0.05) is 31.6 Å². The van der Waals surface area contributed by atoms with Crippen LogP contribution in [-0.4, -0.2) is 58.6 Å². The van der Waals surface area contributed by atoms with E-state index in [9.17, 15) is 9.59 Å². The first kappa shape index (κ1) is 17.4. The summed E-state index contributed by atoms with van der Waals surface area (Å²) in [6.07, 6.45) is 3.71. The normalized spacial score (nSPS) is 18.9. The van der Waals surface area contributed by atoms with Crippen molar-refractivity contribution in [3.8, 4) is 0 Å². The number of carbonyl (C=O) groups is 2. The number of nitrogens with one attached hydrogen (secondary N) is 1. The fourth-order valence-corrected chi connectivity index (χ4v) is 3.30. The Kier molecular flexibility index (Phi) is 4.28. The van der Waals surface area contributed by atoms with E-state index in [0.717, 1.165) is 19.5 Å². The fraction of sp³-hybridized carbons (Fsp3) is 0.625. The number of hydrogen-bond donors (Lipinski definition) is 2. The van der Waals surface area contributed by atoms with E-state index in [1.54, 1.807) is 11.1 Å². The number of nitrogens with two attached hydrogens (primary N) is 1. The Balaban J connectivity index is 1.60. The van der Waals surface area contributed by atoms with Crippen LogP contribution in [0.3, 0.4) is 0 Å². The molecule has 136 valence electrons. The van der Waals surface area contributed by atoms with E-state index in [0.29, 0.717) is 18.9 Å². The summed E-state index contributed by atoms with van der Waals surface area (Å²) in [6, 6.07) is 0. The van der Waals surface area contributed by atoms with Crippen molar-refractivity contribution < 1.29 is 14.3 Å². The lowest BCUT2D eigenvalue weighted by Gasteiger charge is -2.47. The lowest BCUT2D eigenvalue weighted by Crippen LogP contribution is -2.60. The molecule has 0 unspecified atom stereocenters. The van der Waals surface area contributed by atoms with Gasteiger partial charge in [-0.05, 0) is 27.2 Å². The third-order valence-electron chi connectivity index (χ3n) is 4.45. The quantitative estimate of drug-likeness (QED) is 0.455. The van der Waals surface area contributed by atoms with Gasteiger partial charge in [-0.2, -0.15) is 0 Å². The van der Waals surface area contributed by atoms with Crippen LogP contribution in [0.5, 0.6) is 0 Å². The third kappa shape index (κ3) is 3.65. The van der Waals surface area contributed by atoms with Gasteiger partial charge < -0.3 is 14.5 Å². The summed E-state index contributed by atoms with van der Waals surface area (Å²) in [6.45, 7) is 8.52. The summed E-state index contributed by atoms with van der Waals surface area (Å²) < 4.78 is 5.41. The smallest absolute Gasteiger partial charge is 0.410 e. The Hall–Kier alpha value is -2.42. The number of anilines is 1. The molecule has 2 amide bonds. The highest BCUT2D eigenvalue weighted by Gasteiger charge is 2.50. The van der Waals surface area contributed by atoms with Crippen LogP contribution in [0.4, 0.5) is 10.6 Å². The minimum absolute atomic E-state index is 0.0602. The van der Waals surface area contributed by atoms with Gasteiger partial charge in [-0.1, -0.05) is 0 Å². The molecule has 3 rings (SSSR count). The lowest BCUT2D eigenvalue weighted by molar-refractivity contribution is -0.0266. The maximum Gasteiger partial charge on any atom is 0.410 e. The molecule has 0 bridgehead atoms. The topological polar surface area (TPSA) is 114 Å². The van der Waals surface area contributed by atoms with Crippen molar-refractivity contribution in [2.45, 2.75) is 32.8 Å². The molecule has 2 saturated heterocycles. The van der Waals surface area contributed by atoms with E-state index in [1.165, 1.54) is 6.20 Å². The van der Waals surface area contributed by atoms with Gasteiger partial charge in [0.1, 0.15) is 17.1 Å². The Morgan fingerprint density at radius 2 is 2.00 bits per heavy atom. The Morgan fingerprint density at radius 1 is 1.28 bits per heavy atom. The Morgan fingerprint density at radius 3 is 2.64 bits per heavy atom. The van der Waals surface area contributed by atoms with Crippen LogP contribution in [0.1, 0.15) is 37.7 Å². The van der Waals surface area contributed by atoms with E-state index in [1.807, 2.05) is 20.8 Å². The van der Waals surface area contributed by atoms with Gasteiger partial charge in [-0.15, -0.1) is 0 Å². The molecule has 2 aliphatic heterocycles. The second kappa shape index (κ2) is 6.14. The second-order valence-corrected chi connectivity index (χ2v) is 7.74. The lowest BCUT2D eigenvalue weighted by atomic mass is 9.79. The molecule has 2 fully saturated rings. The predicted octanol–water partition coefficient (Wildman–Crippen LogP) is 0.527. The van der Waals surface area contributed by atoms with Crippen LogP contribution >= 0.6 is 0 Å². The molecule has 1 aromatic rings. The largest absolute Gasteiger partial charge is 0.444 e. The third-order valence-corrected chi connectivity index (χ3v) is 4.45. The summed E-state index contributed by atoms with van der Waals surface area (Å²) in [7, 11) is 0. The number of amides is 2. The van der Waals surface area contributed by atoms with Gasteiger partial charge in [0.2, 0.25) is 0 Å². The zero-order chi connectivity index (χ0) is 18.2. The average Bonchev–Trinajstić information content (AvgIpc) is 2.97. The Bertz CT molecular complexity index is 681. The van der Waals surface area contributed by atoms with Gasteiger partial charge >= 0.3 is 6.09 Å². The minimum Gasteiger partial charge on any atom is -0.444 e. The molecule has 0 aliphatic carbocycles. The molecule has 0 atom stereocenters. The Labute approximate surface area is 146 Å². The SMILES string of the molecule is CC(C)(C)OC(=O)N1CC2(CCN(c3cncc(C(=O)NN)n3)C2)C1. The van der Waals surface area contributed by atoms with Crippen LogP contribution in [0, 0.1) is 5.41 Å². The van der Waals surface area contributed by atoms with Gasteiger partial charge in [0.05, 0.1) is 12.4 Å². The van der Waals surface area contributed by atoms with E-state index in [-0.39, 0.29) is 17.2 Å². The highest BCUT2D eigenvalue weighted by atomic mass is 16.6. The molecule has 2 aliphatic rings. The minimum atomic E-state index is -0.485. The summed E-state index contributed by atoms with van der Waals surface area (Å²) in [5.41, 5.74) is 1.82. The first-order valence-electron chi connectivity index (χ1n) is 8.27.